The predicted molar refractivity (Wildman–Crippen MR) is 93.4 cm³/mol. The number of para-hydroxylation sites is 2. The quantitative estimate of drug-likeness (QED) is 0.613. The molecule has 1 aromatic heterocycles. The minimum atomic E-state index is -0.595. The molecular weight excluding hydrogens is 284 g/mol. The summed E-state index contributed by atoms with van der Waals surface area (Å²) in [6.45, 7) is 2.46. The van der Waals surface area contributed by atoms with E-state index in [0.717, 1.165) is 11.0 Å². The Morgan fingerprint density at radius 1 is 0.957 bits per heavy atom. The Kier molecular flexibility index (Phi) is 3.36. The van der Waals surface area contributed by atoms with Crippen LogP contribution in [0.4, 0.5) is 0 Å². The van der Waals surface area contributed by atoms with Crippen molar-refractivity contribution in [3.8, 4) is 0 Å². The van der Waals surface area contributed by atoms with Gasteiger partial charge in [-0.05, 0) is 41.5 Å². The fourth-order valence-electron chi connectivity index (χ4n) is 3.10. The van der Waals surface area contributed by atoms with Gasteiger partial charge in [-0.2, -0.15) is 0 Å². The molecule has 23 heavy (non-hydrogen) atoms. The number of rotatable bonds is 3. The Bertz CT molecular complexity index is 985. The van der Waals surface area contributed by atoms with Crippen LogP contribution in [-0.4, -0.2) is 14.7 Å². The van der Waals surface area contributed by atoms with Crippen LogP contribution < -0.4 is 0 Å². The van der Waals surface area contributed by atoms with E-state index >= 15 is 0 Å². The van der Waals surface area contributed by atoms with Crippen molar-refractivity contribution in [2.75, 3.05) is 0 Å². The molecule has 4 aromatic rings. The summed E-state index contributed by atoms with van der Waals surface area (Å²) in [5.74, 6) is 0.708. The van der Waals surface area contributed by atoms with E-state index in [0.29, 0.717) is 12.4 Å². The summed E-state index contributed by atoms with van der Waals surface area (Å²) in [5, 5.41) is 12.5. The molecule has 0 fully saturated rings. The molecule has 0 aliphatic carbocycles. The Labute approximate surface area is 134 Å². The highest BCUT2D eigenvalue weighted by Gasteiger charge is 2.14. The maximum Gasteiger partial charge on any atom is 0.138 e. The second-order valence-corrected chi connectivity index (χ2v) is 5.90. The van der Waals surface area contributed by atoms with E-state index in [1.165, 1.54) is 16.3 Å². The van der Waals surface area contributed by atoms with E-state index in [9.17, 15) is 5.11 Å². The number of imidazole rings is 1. The summed E-state index contributed by atoms with van der Waals surface area (Å²) in [4.78, 5) is 4.58. The second kappa shape index (κ2) is 5.52. The van der Waals surface area contributed by atoms with E-state index < -0.39 is 6.10 Å². The van der Waals surface area contributed by atoms with Crippen LogP contribution in [0.5, 0.6) is 0 Å². The maximum absolute atomic E-state index is 10.1. The standard InChI is InChI=1S/C20H18N2O/c1-14(23)20-21-18-8-4-5-9-19(18)22(20)13-15-10-11-16-6-2-3-7-17(16)12-15/h2-12,14,23H,13H2,1H3/t14-/m1/s1. The topological polar surface area (TPSA) is 38.1 Å². The average molecular weight is 302 g/mol. The lowest BCUT2D eigenvalue weighted by Crippen LogP contribution is -2.07. The molecule has 3 aromatic carbocycles. The van der Waals surface area contributed by atoms with Crippen LogP contribution in [0.25, 0.3) is 21.8 Å². The third kappa shape index (κ3) is 2.49. The van der Waals surface area contributed by atoms with Crippen molar-refractivity contribution in [1.82, 2.24) is 9.55 Å². The molecule has 0 saturated carbocycles. The van der Waals surface area contributed by atoms with Crippen LogP contribution in [0.2, 0.25) is 0 Å². The zero-order chi connectivity index (χ0) is 15.8. The molecule has 1 heterocycles. The number of nitrogens with zero attached hydrogens (tertiary/aromatic N) is 2. The molecule has 0 aliphatic heterocycles. The van der Waals surface area contributed by atoms with Crippen LogP contribution in [-0.2, 0) is 6.54 Å². The van der Waals surface area contributed by atoms with E-state index in [-0.39, 0.29) is 0 Å². The lowest BCUT2D eigenvalue weighted by Gasteiger charge is -2.12. The first-order valence-corrected chi connectivity index (χ1v) is 7.83. The van der Waals surface area contributed by atoms with Crippen molar-refractivity contribution in [2.45, 2.75) is 19.6 Å². The van der Waals surface area contributed by atoms with Crippen molar-refractivity contribution in [1.29, 1.82) is 0 Å². The van der Waals surface area contributed by atoms with Crippen molar-refractivity contribution >= 4 is 21.8 Å². The lowest BCUT2D eigenvalue weighted by molar-refractivity contribution is 0.185. The molecule has 3 heteroatoms. The first-order valence-electron chi connectivity index (χ1n) is 7.83. The maximum atomic E-state index is 10.1. The highest BCUT2D eigenvalue weighted by Crippen LogP contribution is 2.23. The van der Waals surface area contributed by atoms with E-state index in [1.807, 2.05) is 18.2 Å². The van der Waals surface area contributed by atoms with Gasteiger partial charge < -0.3 is 9.67 Å². The monoisotopic (exact) mass is 302 g/mol. The lowest BCUT2D eigenvalue weighted by atomic mass is 10.1. The first kappa shape index (κ1) is 14.0. The minimum absolute atomic E-state index is 0.595. The summed E-state index contributed by atoms with van der Waals surface area (Å²) >= 11 is 0. The van der Waals surface area contributed by atoms with Gasteiger partial charge in [-0.1, -0.05) is 48.5 Å². The van der Waals surface area contributed by atoms with Crippen molar-refractivity contribution in [3.63, 3.8) is 0 Å². The van der Waals surface area contributed by atoms with Gasteiger partial charge in [0.05, 0.1) is 11.0 Å². The Morgan fingerprint density at radius 3 is 2.52 bits per heavy atom. The largest absolute Gasteiger partial charge is 0.385 e. The van der Waals surface area contributed by atoms with Crippen molar-refractivity contribution < 1.29 is 5.11 Å². The summed E-state index contributed by atoms with van der Waals surface area (Å²) < 4.78 is 2.10. The zero-order valence-corrected chi connectivity index (χ0v) is 13.0. The number of aliphatic hydroxyl groups excluding tert-OH is 1. The molecule has 0 aliphatic rings. The fourth-order valence-corrected chi connectivity index (χ4v) is 3.10. The summed E-state index contributed by atoms with van der Waals surface area (Å²) in [6.07, 6.45) is -0.595. The highest BCUT2D eigenvalue weighted by molar-refractivity contribution is 5.83. The van der Waals surface area contributed by atoms with Gasteiger partial charge in [-0.15, -0.1) is 0 Å². The number of hydrogen-bond acceptors (Lipinski definition) is 2. The second-order valence-electron chi connectivity index (χ2n) is 5.90. The Morgan fingerprint density at radius 2 is 1.70 bits per heavy atom. The van der Waals surface area contributed by atoms with Gasteiger partial charge >= 0.3 is 0 Å². The molecule has 0 unspecified atom stereocenters. The van der Waals surface area contributed by atoms with Crippen LogP contribution in [0.3, 0.4) is 0 Å². The molecular formula is C20H18N2O. The number of hydrogen-bond donors (Lipinski definition) is 1. The third-order valence-corrected chi connectivity index (χ3v) is 4.21. The summed E-state index contributed by atoms with van der Waals surface area (Å²) in [5.41, 5.74) is 3.18. The number of aliphatic hydroxyl groups is 1. The molecule has 114 valence electrons. The normalized spacial score (nSPS) is 12.8. The van der Waals surface area contributed by atoms with Gasteiger partial charge in [0.15, 0.2) is 0 Å². The SMILES string of the molecule is C[C@@H](O)c1nc2ccccc2n1Cc1ccc2ccccc2c1. The number of benzene rings is 3. The van der Waals surface area contributed by atoms with Gasteiger partial charge in [0, 0.05) is 6.54 Å². The molecule has 0 saturated heterocycles. The molecule has 1 atom stereocenters. The van der Waals surface area contributed by atoms with Gasteiger partial charge in [-0.25, -0.2) is 4.98 Å². The zero-order valence-electron chi connectivity index (χ0n) is 13.0. The summed E-state index contributed by atoms with van der Waals surface area (Å²) in [7, 11) is 0. The average Bonchev–Trinajstić information content (AvgIpc) is 2.94. The molecule has 0 spiro atoms. The highest BCUT2D eigenvalue weighted by atomic mass is 16.3. The van der Waals surface area contributed by atoms with Crippen LogP contribution in [0.1, 0.15) is 24.4 Å². The fraction of sp³-hybridized carbons (Fsp3) is 0.150. The van der Waals surface area contributed by atoms with Crippen molar-refractivity contribution in [2.24, 2.45) is 0 Å². The Balaban J connectivity index is 1.83. The number of fused-ring (bicyclic) bond motifs is 2. The molecule has 3 nitrogen and oxygen atoms in total. The molecule has 0 amide bonds. The van der Waals surface area contributed by atoms with Gasteiger partial charge in [0.2, 0.25) is 0 Å². The van der Waals surface area contributed by atoms with E-state index in [4.69, 9.17) is 0 Å². The minimum Gasteiger partial charge on any atom is -0.385 e. The molecule has 0 radical (unpaired) electrons. The van der Waals surface area contributed by atoms with Crippen LogP contribution in [0, 0.1) is 0 Å². The van der Waals surface area contributed by atoms with Crippen molar-refractivity contribution in [3.05, 3.63) is 78.1 Å². The summed E-state index contributed by atoms with van der Waals surface area (Å²) in [6, 6.07) is 22.9. The van der Waals surface area contributed by atoms with E-state index in [2.05, 4.69) is 58.1 Å². The predicted octanol–water partition coefficient (Wildman–Crippen LogP) is 4.29. The Hall–Kier alpha value is -2.65. The molecule has 0 bridgehead atoms. The van der Waals surface area contributed by atoms with Gasteiger partial charge in [0.1, 0.15) is 11.9 Å². The smallest absolute Gasteiger partial charge is 0.138 e. The first-order chi connectivity index (χ1) is 11.2. The van der Waals surface area contributed by atoms with Crippen LogP contribution in [0.15, 0.2) is 66.7 Å². The van der Waals surface area contributed by atoms with E-state index in [1.54, 1.807) is 6.92 Å². The molecule has 4 rings (SSSR count). The van der Waals surface area contributed by atoms with Gasteiger partial charge in [0.25, 0.3) is 0 Å². The molecule has 1 N–H and O–H groups in total. The van der Waals surface area contributed by atoms with Gasteiger partial charge in [-0.3, -0.25) is 0 Å². The number of aromatic nitrogens is 2. The van der Waals surface area contributed by atoms with Crippen LogP contribution >= 0.6 is 0 Å². The third-order valence-electron chi connectivity index (χ3n) is 4.21.